The summed E-state index contributed by atoms with van der Waals surface area (Å²) >= 11 is 0. The Morgan fingerprint density at radius 3 is 2.54 bits per heavy atom. The minimum atomic E-state index is -3.79. The summed E-state index contributed by atoms with van der Waals surface area (Å²) in [5.41, 5.74) is 4.26. The highest BCUT2D eigenvalue weighted by Crippen LogP contribution is 2.41. The highest BCUT2D eigenvalue weighted by molar-refractivity contribution is 7.92. The van der Waals surface area contributed by atoms with Crippen molar-refractivity contribution in [3.8, 4) is 22.6 Å². The van der Waals surface area contributed by atoms with E-state index in [-0.39, 0.29) is 34.5 Å². The van der Waals surface area contributed by atoms with Gasteiger partial charge < -0.3 is 14.5 Å². The molecule has 0 aliphatic carbocycles. The van der Waals surface area contributed by atoms with E-state index in [1.807, 2.05) is 16.5 Å². The lowest BCUT2D eigenvalue weighted by atomic mass is 10.0. The van der Waals surface area contributed by atoms with Crippen LogP contribution < -0.4 is 9.62 Å². The minimum absolute atomic E-state index is 0.126. The van der Waals surface area contributed by atoms with Crippen LogP contribution in [0, 0.1) is 11.6 Å². The number of sulfonamides is 1. The number of nitrogens with zero attached hydrogens (tertiary/aromatic N) is 5. The third kappa shape index (κ3) is 5.63. The molecule has 0 saturated carbocycles. The van der Waals surface area contributed by atoms with Gasteiger partial charge in [0.05, 0.1) is 52.4 Å². The van der Waals surface area contributed by atoms with Gasteiger partial charge in [-0.3, -0.25) is 18.4 Å². The zero-order valence-electron chi connectivity index (χ0n) is 28.8. The van der Waals surface area contributed by atoms with Crippen molar-refractivity contribution in [2.45, 2.75) is 19.1 Å². The molecule has 0 spiro atoms. The molecule has 1 N–H and O–H groups in total. The Labute approximate surface area is 297 Å². The molecule has 1 unspecified atom stereocenters. The molecule has 4 aromatic heterocycles. The molecule has 8 rings (SSSR count). The summed E-state index contributed by atoms with van der Waals surface area (Å²) in [4.78, 5) is 25.7. The van der Waals surface area contributed by atoms with Gasteiger partial charge in [-0.2, -0.15) is 0 Å². The quantitative estimate of drug-likeness (QED) is 0.192. The monoisotopic (exact) mass is 724 g/mol. The van der Waals surface area contributed by atoms with E-state index in [4.69, 9.17) is 19.1 Å². The first kappa shape index (κ1) is 33.7. The van der Waals surface area contributed by atoms with E-state index in [2.05, 4.69) is 10.2 Å². The number of carbonyl (C=O) groups is 1. The molecule has 11 nitrogen and oxygen atoms in total. The molecule has 3 aromatic carbocycles. The fourth-order valence-corrected chi connectivity index (χ4v) is 7.60. The molecular formula is C38H34F2N6O5S. The van der Waals surface area contributed by atoms with Crippen molar-refractivity contribution < 1.29 is 31.1 Å². The van der Waals surface area contributed by atoms with Gasteiger partial charge in [-0.1, -0.05) is 6.07 Å². The predicted octanol–water partition coefficient (Wildman–Crippen LogP) is 6.37. The highest BCUT2D eigenvalue weighted by atomic mass is 32.2. The zero-order chi connectivity index (χ0) is 36.5. The average Bonchev–Trinajstić information content (AvgIpc) is 3.86. The van der Waals surface area contributed by atoms with E-state index < -0.39 is 21.7 Å². The maximum absolute atomic E-state index is 15.3. The fraction of sp³-hybridized carbons (Fsp3) is 0.237. The van der Waals surface area contributed by atoms with Crippen molar-refractivity contribution in [1.82, 2.24) is 24.6 Å². The number of fused-ring (bicyclic) bond motifs is 6. The number of hydrogen-bond donors (Lipinski definition) is 1. The molecule has 266 valence electrons. The third-order valence-corrected chi connectivity index (χ3v) is 11.0. The van der Waals surface area contributed by atoms with Gasteiger partial charge in [-0.05, 0) is 67.1 Å². The molecule has 0 radical (unpaired) electrons. The van der Waals surface area contributed by atoms with Crippen LogP contribution in [0.5, 0.6) is 0 Å². The Kier molecular flexibility index (Phi) is 8.20. The van der Waals surface area contributed by atoms with Gasteiger partial charge in [0.1, 0.15) is 34.3 Å². The number of amides is 1. The second-order valence-corrected chi connectivity index (χ2v) is 15.0. The summed E-state index contributed by atoms with van der Waals surface area (Å²) < 4.78 is 69.9. The van der Waals surface area contributed by atoms with Gasteiger partial charge >= 0.3 is 0 Å². The van der Waals surface area contributed by atoms with Crippen molar-refractivity contribution >= 4 is 60.0 Å². The number of furan rings is 1. The van der Waals surface area contributed by atoms with E-state index in [0.717, 1.165) is 35.9 Å². The van der Waals surface area contributed by atoms with Crippen molar-refractivity contribution in [3.05, 3.63) is 95.8 Å². The summed E-state index contributed by atoms with van der Waals surface area (Å²) in [6.07, 6.45) is 2.11. The van der Waals surface area contributed by atoms with Crippen molar-refractivity contribution in [2.24, 2.45) is 0 Å². The van der Waals surface area contributed by atoms with E-state index in [9.17, 15) is 17.6 Å². The Morgan fingerprint density at radius 1 is 1.04 bits per heavy atom. The number of pyridine rings is 1. The summed E-state index contributed by atoms with van der Waals surface area (Å²) in [6, 6.07) is 19.0. The number of ether oxygens (including phenoxy) is 1. The first-order valence-corrected chi connectivity index (χ1v) is 18.5. The predicted molar refractivity (Wildman–Crippen MR) is 196 cm³/mol. The molecule has 1 saturated heterocycles. The van der Waals surface area contributed by atoms with E-state index in [1.54, 1.807) is 37.4 Å². The molecule has 1 fully saturated rings. The molecule has 7 aromatic rings. The smallest absolute Gasteiger partial charge is 0.255 e. The van der Waals surface area contributed by atoms with Gasteiger partial charge in [-0.25, -0.2) is 27.2 Å². The Hall–Kier alpha value is -5.44. The molecular weight excluding hydrogens is 691 g/mol. The maximum Gasteiger partial charge on any atom is 0.255 e. The second-order valence-electron chi connectivity index (χ2n) is 13.0. The van der Waals surface area contributed by atoms with Crippen LogP contribution in [-0.2, 0) is 21.3 Å². The van der Waals surface area contributed by atoms with E-state index >= 15 is 4.39 Å². The summed E-state index contributed by atoms with van der Waals surface area (Å²) in [5.74, 6) is -0.363. The molecule has 1 atom stereocenters. The Balaban J connectivity index is 1.38. The summed E-state index contributed by atoms with van der Waals surface area (Å²) in [5, 5.41) is 3.47. The number of likely N-dealkylation sites (tertiary alicyclic amines) is 1. The number of halogens is 2. The van der Waals surface area contributed by atoms with Crippen LogP contribution in [0.2, 0.25) is 0 Å². The first-order chi connectivity index (χ1) is 24.9. The lowest BCUT2D eigenvalue weighted by Crippen LogP contribution is -2.25. The lowest BCUT2D eigenvalue weighted by molar-refractivity contribution is 0.0964. The number of hydrogen-bond acceptors (Lipinski definition) is 8. The molecule has 5 heterocycles. The molecule has 1 aliphatic heterocycles. The molecule has 0 bridgehead atoms. The topological polar surface area (TPSA) is 122 Å². The van der Waals surface area contributed by atoms with Crippen LogP contribution in [0.4, 0.5) is 14.5 Å². The number of aromatic nitrogens is 3. The van der Waals surface area contributed by atoms with Crippen LogP contribution in [0.3, 0.4) is 0 Å². The van der Waals surface area contributed by atoms with Crippen LogP contribution in [0.25, 0.3) is 61.0 Å². The number of anilines is 1. The number of methoxy groups -OCH3 is 1. The van der Waals surface area contributed by atoms with Crippen molar-refractivity contribution in [3.63, 3.8) is 0 Å². The molecule has 1 amide bonds. The first-order valence-electron chi connectivity index (χ1n) is 16.6. The number of nitrogens with one attached hydrogen (secondary N) is 1. The SMILES string of the molecule is CNC(=O)c1c(-c2ccc(F)cc2)oc2cc(N(C)S(C)(=O)=O)c(-c3ccc4nc(CN5CCC(OC)C5)n5c6cccc(F)c6cc5c4n3)cc12. The Morgan fingerprint density at radius 2 is 1.83 bits per heavy atom. The number of benzene rings is 3. The second kappa shape index (κ2) is 12.7. The standard InChI is InChI=1S/C38H34F2N6O5S/c1-41-38(47)35-26-16-25(31(44(2)52(4,48)49)18-33(26)51-37(35)21-8-10-22(39)11-9-21)28-12-13-29-36(43-28)32-17-24-27(40)6-5-7-30(24)46(32)34(42-29)20-45-15-14-23(19-45)50-3/h5-13,16-18,23H,14-15,19-20H2,1-4H3,(H,41,47). The van der Waals surface area contributed by atoms with E-state index in [0.29, 0.717) is 56.2 Å². The van der Waals surface area contributed by atoms with Gasteiger partial charge in [0, 0.05) is 62.3 Å². The summed E-state index contributed by atoms with van der Waals surface area (Å²) in [6.45, 7) is 2.09. The highest BCUT2D eigenvalue weighted by Gasteiger charge is 2.28. The van der Waals surface area contributed by atoms with Gasteiger partial charge in [-0.15, -0.1) is 0 Å². The fourth-order valence-electron chi connectivity index (χ4n) is 7.09. The van der Waals surface area contributed by atoms with Gasteiger partial charge in [0.2, 0.25) is 10.0 Å². The number of rotatable bonds is 8. The average molecular weight is 725 g/mol. The van der Waals surface area contributed by atoms with Crippen LogP contribution >= 0.6 is 0 Å². The molecule has 52 heavy (non-hydrogen) atoms. The Bertz CT molecular complexity index is 2680. The van der Waals surface area contributed by atoms with Crippen LogP contribution in [0.1, 0.15) is 22.6 Å². The zero-order valence-corrected chi connectivity index (χ0v) is 29.6. The van der Waals surface area contributed by atoms with Crippen LogP contribution in [-0.4, -0.2) is 80.2 Å². The largest absolute Gasteiger partial charge is 0.455 e. The molecule has 14 heteroatoms. The van der Waals surface area contributed by atoms with Crippen LogP contribution in [0.15, 0.2) is 77.2 Å². The minimum Gasteiger partial charge on any atom is -0.455 e. The maximum atomic E-state index is 15.3. The number of carbonyl (C=O) groups excluding carboxylic acids is 1. The summed E-state index contributed by atoms with van der Waals surface area (Å²) in [7, 11) is 0.832. The van der Waals surface area contributed by atoms with Crippen molar-refractivity contribution in [2.75, 3.05) is 44.9 Å². The van der Waals surface area contributed by atoms with E-state index in [1.165, 1.54) is 44.4 Å². The normalized spacial score (nSPS) is 15.4. The van der Waals surface area contributed by atoms with Gasteiger partial charge in [0.25, 0.3) is 5.91 Å². The van der Waals surface area contributed by atoms with Gasteiger partial charge in [0.15, 0.2) is 0 Å². The van der Waals surface area contributed by atoms with Crippen molar-refractivity contribution in [1.29, 1.82) is 0 Å². The lowest BCUT2D eigenvalue weighted by Gasteiger charge is -2.21. The molecule has 1 aliphatic rings. The third-order valence-electron chi connectivity index (χ3n) is 9.82.